The Morgan fingerprint density at radius 3 is 2.58 bits per heavy atom. The van der Waals surface area contributed by atoms with Crippen LogP contribution in [0.4, 0.5) is 0 Å². The van der Waals surface area contributed by atoms with Gasteiger partial charge in [0.2, 0.25) is 0 Å². The fraction of sp³-hybridized carbons (Fsp3) is 0.174. The first-order valence-electron chi connectivity index (χ1n) is 8.99. The van der Waals surface area contributed by atoms with E-state index in [1.54, 1.807) is 0 Å². The molecule has 1 atom stereocenters. The molecular weight excluding hydrogens is 318 g/mol. The van der Waals surface area contributed by atoms with Gasteiger partial charge in [-0.1, -0.05) is 84.5 Å². The van der Waals surface area contributed by atoms with Crippen LogP contribution in [-0.2, 0) is 0 Å². The van der Waals surface area contributed by atoms with E-state index in [1.165, 1.54) is 5.57 Å². The highest BCUT2D eigenvalue weighted by Gasteiger charge is 2.18. The first-order valence-corrected chi connectivity index (χ1v) is 8.99. The highest BCUT2D eigenvalue weighted by Crippen LogP contribution is 2.28. The molecule has 2 aliphatic carbocycles. The third-order valence-electron chi connectivity index (χ3n) is 4.58. The normalized spacial score (nSPS) is 19.0. The number of nitrogens with zero attached hydrogens (tertiary/aromatic N) is 3. The van der Waals surface area contributed by atoms with Gasteiger partial charge in [-0.2, -0.15) is 0 Å². The molecule has 0 N–H and O–H groups in total. The first-order chi connectivity index (χ1) is 12.8. The van der Waals surface area contributed by atoms with Gasteiger partial charge in [-0.05, 0) is 19.8 Å². The highest BCUT2D eigenvalue weighted by atomic mass is 15.0. The van der Waals surface area contributed by atoms with Crippen molar-refractivity contribution in [2.75, 3.05) is 0 Å². The van der Waals surface area contributed by atoms with Crippen molar-refractivity contribution in [2.24, 2.45) is 0 Å². The Morgan fingerprint density at radius 2 is 1.77 bits per heavy atom. The van der Waals surface area contributed by atoms with Crippen molar-refractivity contribution in [3.8, 4) is 11.4 Å². The van der Waals surface area contributed by atoms with Crippen molar-refractivity contribution < 1.29 is 0 Å². The van der Waals surface area contributed by atoms with E-state index in [0.717, 1.165) is 41.5 Å². The van der Waals surface area contributed by atoms with Crippen molar-refractivity contribution in [2.45, 2.75) is 25.7 Å². The van der Waals surface area contributed by atoms with Gasteiger partial charge < -0.3 is 0 Å². The Balaban J connectivity index is 1.80. The zero-order valence-corrected chi connectivity index (χ0v) is 14.8. The lowest BCUT2D eigenvalue weighted by Crippen LogP contribution is -2.09. The number of rotatable bonds is 3. The summed E-state index contributed by atoms with van der Waals surface area (Å²) in [6.45, 7) is 2.12. The Kier molecular flexibility index (Phi) is 4.69. The van der Waals surface area contributed by atoms with E-state index in [9.17, 15) is 0 Å². The molecule has 1 unspecified atom stereocenters. The summed E-state index contributed by atoms with van der Waals surface area (Å²) in [6.07, 6.45) is 18.7. The van der Waals surface area contributed by atoms with E-state index in [2.05, 4.69) is 43.4 Å². The lowest BCUT2D eigenvalue weighted by Gasteiger charge is -2.16. The van der Waals surface area contributed by atoms with Crippen LogP contribution in [-0.4, -0.2) is 15.0 Å². The SMILES string of the molecule is CC1=CCC(c2nc(C3=CC=CC=CC3)nc(-c3ccccc3)n2)C=C1. The summed E-state index contributed by atoms with van der Waals surface area (Å²) in [5.74, 6) is 2.54. The van der Waals surface area contributed by atoms with Crippen LogP contribution < -0.4 is 0 Å². The second-order valence-corrected chi connectivity index (χ2v) is 6.57. The molecule has 0 radical (unpaired) electrons. The van der Waals surface area contributed by atoms with Crippen LogP contribution in [0.1, 0.15) is 37.3 Å². The van der Waals surface area contributed by atoms with Crippen molar-refractivity contribution >= 4 is 5.57 Å². The average Bonchev–Trinajstić information content (AvgIpc) is 2.98. The minimum absolute atomic E-state index is 0.195. The van der Waals surface area contributed by atoms with Crippen LogP contribution >= 0.6 is 0 Å². The molecule has 0 saturated heterocycles. The molecule has 1 aromatic carbocycles. The summed E-state index contributed by atoms with van der Waals surface area (Å²) < 4.78 is 0. The predicted octanol–water partition coefficient (Wildman–Crippen LogP) is 5.43. The molecule has 0 aliphatic heterocycles. The summed E-state index contributed by atoms with van der Waals surface area (Å²) in [5, 5.41) is 0. The topological polar surface area (TPSA) is 38.7 Å². The maximum atomic E-state index is 4.83. The Bertz CT molecular complexity index is 947. The van der Waals surface area contributed by atoms with Crippen LogP contribution in [0.5, 0.6) is 0 Å². The van der Waals surface area contributed by atoms with Gasteiger partial charge in [-0.15, -0.1) is 0 Å². The molecule has 0 fully saturated rings. The largest absolute Gasteiger partial charge is 0.213 e. The van der Waals surface area contributed by atoms with Crippen molar-refractivity contribution in [1.82, 2.24) is 15.0 Å². The zero-order chi connectivity index (χ0) is 17.8. The van der Waals surface area contributed by atoms with Crippen LogP contribution in [0.2, 0.25) is 0 Å². The molecule has 4 rings (SSSR count). The number of hydrogen-bond donors (Lipinski definition) is 0. The molecule has 26 heavy (non-hydrogen) atoms. The molecule has 0 bridgehead atoms. The fourth-order valence-corrected chi connectivity index (χ4v) is 3.08. The highest BCUT2D eigenvalue weighted by molar-refractivity contribution is 5.66. The third-order valence-corrected chi connectivity index (χ3v) is 4.58. The Hall–Kier alpha value is -3.07. The number of aromatic nitrogens is 3. The van der Waals surface area contributed by atoms with Gasteiger partial charge in [0.1, 0.15) is 5.82 Å². The third kappa shape index (κ3) is 3.62. The monoisotopic (exact) mass is 339 g/mol. The van der Waals surface area contributed by atoms with E-state index in [-0.39, 0.29) is 5.92 Å². The van der Waals surface area contributed by atoms with Crippen LogP contribution in [0.15, 0.2) is 84.5 Å². The predicted molar refractivity (Wildman–Crippen MR) is 106 cm³/mol. The Morgan fingerprint density at radius 1 is 0.923 bits per heavy atom. The molecule has 3 heteroatoms. The van der Waals surface area contributed by atoms with Gasteiger partial charge in [0.15, 0.2) is 11.6 Å². The van der Waals surface area contributed by atoms with Crippen molar-refractivity contribution in [1.29, 1.82) is 0 Å². The van der Waals surface area contributed by atoms with Crippen LogP contribution in [0, 0.1) is 0 Å². The van der Waals surface area contributed by atoms with E-state index in [1.807, 2.05) is 42.5 Å². The zero-order valence-electron chi connectivity index (χ0n) is 14.8. The molecule has 2 aromatic rings. The first kappa shape index (κ1) is 16.4. The lowest BCUT2D eigenvalue weighted by molar-refractivity contribution is 0.751. The van der Waals surface area contributed by atoms with Crippen molar-refractivity contribution in [3.63, 3.8) is 0 Å². The van der Waals surface area contributed by atoms with Gasteiger partial charge in [-0.25, -0.2) is 15.0 Å². The van der Waals surface area contributed by atoms with Gasteiger partial charge in [0, 0.05) is 17.1 Å². The fourth-order valence-electron chi connectivity index (χ4n) is 3.08. The quantitative estimate of drug-likeness (QED) is 0.748. The van der Waals surface area contributed by atoms with E-state index >= 15 is 0 Å². The molecule has 128 valence electrons. The van der Waals surface area contributed by atoms with Crippen molar-refractivity contribution in [3.05, 3.63) is 96.2 Å². The van der Waals surface area contributed by atoms with Gasteiger partial charge >= 0.3 is 0 Å². The second kappa shape index (κ2) is 7.44. The lowest BCUT2D eigenvalue weighted by atomic mass is 9.96. The maximum Gasteiger partial charge on any atom is 0.163 e. The summed E-state index contributed by atoms with van der Waals surface area (Å²) in [4.78, 5) is 14.4. The van der Waals surface area contributed by atoms with Gasteiger partial charge in [0.25, 0.3) is 0 Å². The molecular formula is C23H21N3. The van der Waals surface area contributed by atoms with Crippen LogP contribution in [0.25, 0.3) is 17.0 Å². The summed E-state index contributed by atoms with van der Waals surface area (Å²) in [7, 11) is 0. The minimum atomic E-state index is 0.195. The van der Waals surface area contributed by atoms with E-state index < -0.39 is 0 Å². The van der Waals surface area contributed by atoms with Crippen LogP contribution in [0.3, 0.4) is 0 Å². The average molecular weight is 339 g/mol. The molecule has 0 saturated carbocycles. The van der Waals surface area contributed by atoms with E-state index in [4.69, 9.17) is 15.0 Å². The number of benzene rings is 1. The number of hydrogen-bond acceptors (Lipinski definition) is 3. The Labute approximate surface area is 154 Å². The van der Waals surface area contributed by atoms with Gasteiger partial charge in [-0.3, -0.25) is 0 Å². The maximum absolute atomic E-state index is 4.83. The van der Waals surface area contributed by atoms with Gasteiger partial charge in [0.05, 0.1) is 0 Å². The molecule has 2 aliphatic rings. The smallest absolute Gasteiger partial charge is 0.163 e. The summed E-state index contributed by atoms with van der Waals surface area (Å²) in [5.41, 5.74) is 3.42. The molecule has 1 aromatic heterocycles. The summed E-state index contributed by atoms with van der Waals surface area (Å²) in [6, 6.07) is 10.1. The molecule has 1 heterocycles. The number of allylic oxidation sites excluding steroid dienone is 10. The minimum Gasteiger partial charge on any atom is -0.213 e. The summed E-state index contributed by atoms with van der Waals surface area (Å²) >= 11 is 0. The van der Waals surface area contributed by atoms with E-state index in [0.29, 0.717) is 0 Å². The molecule has 0 spiro atoms. The standard InChI is InChI=1S/C23H21N3/c1-17-13-15-20(16-14-17)23-25-21(18-9-5-2-3-6-10-18)24-22(26-23)19-11-7-4-8-12-19/h2-9,11-15,20H,10,16H2,1H3. The molecule has 0 amide bonds. The molecule has 3 nitrogen and oxygen atoms in total. The second-order valence-electron chi connectivity index (χ2n) is 6.57.